The summed E-state index contributed by atoms with van der Waals surface area (Å²) in [4.78, 5) is 2.53. The maximum Gasteiger partial charge on any atom is 0.0176 e. The molecule has 1 N–H and O–H groups in total. The molecule has 2 nitrogen and oxygen atoms in total. The van der Waals surface area contributed by atoms with Crippen molar-refractivity contribution in [1.82, 2.24) is 10.2 Å². The van der Waals surface area contributed by atoms with E-state index in [2.05, 4.69) is 61.4 Å². The molecule has 1 aliphatic rings. The Kier molecular flexibility index (Phi) is 5.62. The van der Waals surface area contributed by atoms with E-state index in [0.717, 1.165) is 25.6 Å². The lowest BCUT2D eigenvalue weighted by atomic mass is 9.81. The number of hydrogen-bond donors (Lipinski definition) is 1. The molecular formula is C18H30N2. The Labute approximate surface area is 124 Å². The van der Waals surface area contributed by atoms with Crippen LogP contribution in [0, 0.1) is 5.92 Å². The molecular weight excluding hydrogens is 244 g/mol. The predicted octanol–water partition coefficient (Wildman–Crippen LogP) is 3.29. The summed E-state index contributed by atoms with van der Waals surface area (Å²) in [5.41, 5.74) is 1.64. The average molecular weight is 274 g/mol. The molecule has 1 saturated carbocycles. The highest BCUT2D eigenvalue weighted by molar-refractivity contribution is 5.25. The molecule has 0 amide bonds. The maximum absolute atomic E-state index is 3.62. The first-order valence-electron chi connectivity index (χ1n) is 8.09. The Bertz CT molecular complexity index is 386. The van der Waals surface area contributed by atoms with Gasteiger partial charge in [0.1, 0.15) is 0 Å². The summed E-state index contributed by atoms with van der Waals surface area (Å²) >= 11 is 0. The summed E-state index contributed by atoms with van der Waals surface area (Å²) < 4.78 is 0. The molecule has 112 valence electrons. The summed E-state index contributed by atoms with van der Waals surface area (Å²) in [6.07, 6.45) is 4.06. The summed E-state index contributed by atoms with van der Waals surface area (Å²) in [6, 6.07) is 11.0. The zero-order valence-electron chi connectivity index (χ0n) is 13.4. The molecule has 2 heteroatoms. The molecule has 1 aliphatic carbocycles. The number of nitrogens with zero attached hydrogens (tertiary/aromatic N) is 1. The van der Waals surface area contributed by atoms with Gasteiger partial charge in [0.05, 0.1) is 0 Å². The number of nitrogens with one attached hydrogen (secondary N) is 1. The molecule has 1 atom stereocenters. The fraction of sp³-hybridized carbons (Fsp3) is 0.667. The van der Waals surface area contributed by atoms with E-state index in [1.54, 1.807) is 0 Å². The van der Waals surface area contributed by atoms with Crippen LogP contribution >= 0.6 is 0 Å². The van der Waals surface area contributed by atoms with E-state index >= 15 is 0 Å². The van der Waals surface area contributed by atoms with Gasteiger partial charge in [0.25, 0.3) is 0 Å². The lowest BCUT2D eigenvalue weighted by Crippen LogP contribution is -2.45. The van der Waals surface area contributed by atoms with Gasteiger partial charge in [0.2, 0.25) is 0 Å². The maximum atomic E-state index is 3.62. The Morgan fingerprint density at radius 1 is 1.25 bits per heavy atom. The van der Waals surface area contributed by atoms with Crippen molar-refractivity contribution in [3.8, 4) is 0 Å². The van der Waals surface area contributed by atoms with Gasteiger partial charge in [-0.25, -0.2) is 0 Å². The molecule has 0 radical (unpaired) electrons. The van der Waals surface area contributed by atoms with Crippen LogP contribution in [0.1, 0.15) is 38.7 Å². The molecule has 20 heavy (non-hydrogen) atoms. The van der Waals surface area contributed by atoms with E-state index < -0.39 is 0 Å². The number of likely N-dealkylation sites (N-methyl/N-ethyl adjacent to an activating group) is 1. The fourth-order valence-electron chi connectivity index (χ4n) is 3.03. The van der Waals surface area contributed by atoms with Crippen LogP contribution < -0.4 is 5.32 Å². The van der Waals surface area contributed by atoms with Gasteiger partial charge in [-0.1, -0.05) is 44.2 Å². The van der Waals surface area contributed by atoms with Gasteiger partial charge in [-0.15, -0.1) is 0 Å². The molecule has 0 aromatic heterocycles. The van der Waals surface area contributed by atoms with Gasteiger partial charge in [-0.2, -0.15) is 0 Å². The largest absolute Gasteiger partial charge is 0.316 e. The minimum atomic E-state index is 0.195. The molecule has 0 bridgehead atoms. The number of hydrogen-bond acceptors (Lipinski definition) is 2. The van der Waals surface area contributed by atoms with Crippen LogP contribution in [0.5, 0.6) is 0 Å². The SMILES string of the molecule is CCCNCC(C)(CN(C)CC1CC1)c1ccccc1. The average Bonchev–Trinajstić information content (AvgIpc) is 3.24. The van der Waals surface area contributed by atoms with Crippen molar-refractivity contribution >= 4 is 0 Å². The first-order chi connectivity index (χ1) is 9.64. The molecule has 2 rings (SSSR count). The first-order valence-corrected chi connectivity index (χ1v) is 8.09. The van der Waals surface area contributed by atoms with E-state index in [9.17, 15) is 0 Å². The third-order valence-corrected chi connectivity index (χ3v) is 4.30. The van der Waals surface area contributed by atoms with Crippen molar-refractivity contribution in [3.63, 3.8) is 0 Å². The fourth-order valence-corrected chi connectivity index (χ4v) is 3.03. The van der Waals surface area contributed by atoms with Gasteiger partial charge in [-0.3, -0.25) is 0 Å². The Morgan fingerprint density at radius 3 is 2.55 bits per heavy atom. The number of rotatable bonds is 9. The highest BCUT2D eigenvalue weighted by atomic mass is 15.1. The summed E-state index contributed by atoms with van der Waals surface area (Å²) in [6.45, 7) is 9.18. The van der Waals surface area contributed by atoms with Crippen LogP contribution in [0.15, 0.2) is 30.3 Å². The standard InChI is InChI=1S/C18H30N2/c1-4-12-19-14-18(2,17-8-6-5-7-9-17)15-20(3)13-16-10-11-16/h5-9,16,19H,4,10-15H2,1-3H3. The molecule has 1 fully saturated rings. The van der Waals surface area contributed by atoms with Crippen LogP contribution in [0.3, 0.4) is 0 Å². The topological polar surface area (TPSA) is 15.3 Å². The lowest BCUT2D eigenvalue weighted by molar-refractivity contribution is 0.242. The van der Waals surface area contributed by atoms with E-state index in [4.69, 9.17) is 0 Å². The van der Waals surface area contributed by atoms with Crippen LogP contribution in [-0.4, -0.2) is 38.1 Å². The van der Waals surface area contributed by atoms with Crippen molar-refractivity contribution in [2.75, 3.05) is 33.2 Å². The van der Waals surface area contributed by atoms with Crippen LogP contribution in [0.4, 0.5) is 0 Å². The van der Waals surface area contributed by atoms with Crippen molar-refractivity contribution in [3.05, 3.63) is 35.9 Å². The minimum absolute atomic E-state index is 0.195. The Morgan fingerprint density at radius 2 is 1.95 bits per heavy atom. The molecule has 1 unspecified atom stereocenters. The zero-order valence-corrected chi connectivity index (χ0v) is 13.4. The Balaban J connectivity index is 2.01. The molecule has 0 heterocycles. The highest BCUT2D eigenvalue weighted by Gasteiger charge is 2.30. The van der Waals surface area contributed by atoms with E-state index in [1.165, 1.54) is 31.4 Å². The zero-order chi connectivity index (χ0) is 14.4. The van der Waals surface area contributed by atoms with Crippen molar-refractivity contribution in [2.45, 2.75) is 38.5 Å². The molecule has 0 saturated heterocycles. The number of benzene rings is 1. The lowest BCUT2D eigenvalue weighted by Gasteiger charge is -2.35. The molecule has 0 aliphatic heterocycles. The predicted molar refractivity (Wildman–Crippen MR) is 87.2 cm³/mol. The quantitative estimate of drug-likeness (QED) is 0.695. The third kappa shape index (κ3) is 4.60. The van der Waals surface area contributed by atoms with Gasteiger partial charge in [-0.05, 0) is 44.3 Å². The summed E-state index contributed by atoms with van der Waals surface area (Å²) in [7, 11) is 2.28. The van der Waals surface area contributed by atoms with E-state index in [0.29, 0.717) is 0 Å². The van der Waals surface area contributed by atoms with Crippen molar-refractivity contribution in [2.24, 2.45) is 5.92 Å². The van der Waals surface area contributed by atoms with E-state index in [-0.39, 0.29) is 5.41 Å². The van der Waals surface area contributed by atoms with Gasteiger partial charge >= 0.3 is 0 Å². The first kappa shape index (κ1) is 15.5. The second-order valence-electron chi connectivity index (χ2n) is 6.74. The monoisotopic (exact) mass is 274 g/mol. The highest BCUT2D eigenvalue weighted by Crippen LogP contribution is 2.31. The smallest absolute Gasteiger partial charge is 0.0176 e. The third-order valence-electron chi connectivity index (χ3n) is 4.30. The summed E-state index contributed by atoms with van der Waals surface area (Å²) in [5, 5.41) is 3.62. The van der Waals surface area contributed by atoms with Crippen LogP contribution in [0.2, 0.25) is 0 Å². The molecule has 1 aromatic rings. The van der Waals surface area contributed by atoms with Gasteiger partial charge in [0, 0.05) is 25.0 Å². The van der Waals surface area contributed by atoms with Gasteiger partial charge < -0.3 is 10.2 Å². The second-order valence-corrected chi connectivity index (χ2v) is 6.74. The summed E-state index contributed by atoms with van der Waals surface area (Å²) in [5.74, 6) is 0.962. The van der Waals surface area contributed by atoms with E-state index in [1.807, 2.05) is 0 Å². The normalized spacial score (nSPS) is 18.2. The van der Waals surface area contributed by atoms with Crippen molar-refractivity contribution in [1.29, 1.82) is 0 Å². The molecule has 0 spiro atoms. The van der Waals surface area contributed by atoms with Crippen LogP contribution in [0.25, 0.3) is 0 Å². The van der Waals surface area contributed by atoms with Crippen LogP contribution in [-0.2, 0) is 5.41 Å². The minimum Gasteiger partial charge on any atom is -0.316 e. The molecule has 1 aromatic carbocycles. The van der Waals surface area contributed by atoms with Gasteiger partial charge in [0.15, 0.2) is 0 Å². The second kappa shape index (κ2) is 7.24. The van der Waals surface area contributed by atoms with Crippen molar-refractivity contribution < 1.29 is 0 Å². The Hall–Kier alpha value is -0.860.